The summed E-state index contributed by atoms with van der Waals surface area (Å²) < 4.78 is 0. The lowest BCUT2D eigenvalue weighted by molar-refractivity contribution is -0.131. The smallest absolute Gasteiger partial charge is 0.226 e. The van der Waals surface area contributed by atoms with Gasteiger partial charge >= 0.3 is 0 Å². The van der Waals surface area contributed by atoms with Crippen LogP contribution in [-0.2, 0) is 22.6 Å². The number of rotatable bonds is 6. The Kier molecular flexibility index (Phi) is 6.85. The summed E-state index contributed by atoms with van der Waals surface area (Å²) in [6.45, 7) is 3.85. The van der Waals surface area contributed by atoms with Crippen LogP contribution < -0.4 is 5.32 Å². The highest BCUT2D eigenvalue weighted by atomic mass is 35.5. The molecule has 144 valence electrons. The molecule has 0 saturated carbocycles. The molecule has 0 radical (unpaired) electrons. The van der Waals surface area contributed by atoms with Gasteiger partial charge in [-0.2, -0.15) is 0 Å². The lowest BCUT2D eigenvalue weighted by Gasteiger charge is -2.31. The summed E-state index contributed by atoms with van der Waals surface area (Å²) in [5.74, 6) is 0.597. The number of nitrogens with one attached hydrogen (secondary N) is 1. The molecule has 3 rings (SSSR count). The van der Waals surface area contributed by atoms with E-state index >= 15 is 0 Å². The average molecular weight is 406 g/mol. The number of piperidine rings is 1. The number of amides is 2. The number of hydrogen-bond acceptors (Lipinski definition) is 4. The van der Waals surface area contributed by atoms with E-state index in [1.165, 1.54) is 0 Å². The minimum absolute atomic E-state index is 0.0389. The first-order chi connectivity index (χ1) is 13.0. The maximum Gasteiger partial charge on any atom is 0.226 e. The van der Waals surface area contributed by atoms with Gasteiger partial charge in [0.1, 0.15) is 0 Å². The first kappa shape index (κ1) is 19.8. The van der Waals surface area contributed by atoms with Gasteiger partial charge in [0.25, 0.3) is 0 Å². The van der Waals surface area contributed by atoms with Crippen LogP contribution in [-0.4, -0.2) is 34.8 Å². The van der Waals surface area contributed by atoms with Gasteiger partial charge in [-0.25, -0.2) is 4.98 Å². The summed E-state index contributed by atoms with van der Waals surface area (Å²) in [4.78, 5) is 30.5. The molecule has 5 nitrogen and oxygen atoms in total. The summed E-state index contributed by atoms with van der Waals surface area (Å²) in [7, 11) is 0. The van der Waals surface area contributed by atoms with E-state index in [4.69, 9.17) is 11.6 Å². The minimum atomic E-state index is 0.0389. The summed E-state index contributed by atoms with van der Waals surface area (Å²) in [6, 6.07) is 7.45. The van der Waals surface area contributed by atoms with Gasteiger partial charge in [-0.3, -0.25) is 9.59 Å². The van der Waals surface area contributed by atoms with Gasteiger partial charge in [-0.05, 0) is 30.5 Å². The molecule has 0 aliphatic carbocycles. The summed E-state index contributed by atoms with van der Waals surface area (Å²) in [5.41, 5.74) is 1.91. The van der Waals surface area contributed by atoms with Crippen molar-refractivity contribution >= 4 is 34.8 Å². The molecule has 0 bridgehead atoms. The summed E-state index contributed by atoms with van der Waals surface area (Å²) >= 11 is 7.55. The third-order valence-corrected chi connectivity index (χ3v) is 6.13. The summed E-state index contributed by atoms with van der Waals surface area (Å²) in [5, 5.41) is 6.67. The Morgan fingerprint density at radius 1 is 1.26 bits per heavy atom. The highest BCUT2D eigenvalue weighted by molar-refractivity contribution is 7.09. The lowest BCUT2D eigenvalue weighted by Crippen LogP contribution is -2.38. The molecule has 1 aliphatic heterocycles. The Morgan fingerprint density at radius 2 is 1.96 bits per heavy atom. The number of benzene rings is 1. The summed E-state index contributed by atoms with van der Waals surface area (Å²) in [6.07, 6.45) is 2.77. The Bertz CT molecular complexity index is 783. The molecule has 1 fully saturated rings. The molecule has 0 unspecified atom stereocenters. The van der Waals surface area contributed by atoms with Crippen LogP contribution in [0.1, 0.15) is 48.4 Å². The second-order valence-corrected chi connectivity index (χ2v) is 8.09. The third-order valence-electron chi connectivity index (χ3n) is 4.82. The first-order valence-electron chi connectivity index (χ1n) is 9.28. The normalized spacial score (nSPS) is 15.0. The van der Waals surface area contributed by atoms with Crippen molar-refractivity contribution in [2.75, 3.05) is 13.1 Å². The lowest BCUT2D eigenvalue weighted by atomic mass is 9.97. The highest BCUT2D eigenvalue weighted by Gasteiger charge is 2.25. The highest BCUT2D eigenvalue weighted by Crippen LogP contribution is 2.30. The van der Waals surface area contributed by atoms with Crippen molar-refractivity contribution in [2.45, 2.75) is 45.1 Å². The van der Waals surface area contributed by atoms with Crippen LogP contribution in [0.5, 0.6) is 0 Å². The van der Waals surface area contributed by atoms with Gasteiger partial charge < -0.3 is 10.2 Å². The molecule has 2 amide bonds. The van der Waals surface area contributed by atoms with Crippen molar-refractivity contribution in [1.29, 1.82) is 0 Å². The number of likely N-dealkylation sites (tertiary alicyclic amines) is 1. The second kappa shape index (κ2) is 9.33. The molecular formula is C20H24ClN3O2S. The number of hydrogen-bond donors (Lipinski definition) is 1. The fourth-order valence-electron chi connectivity index (χ4n) is 3.17. The zero-order chi connectivity index (χ0) is 19.2. The third kappa shape index (κ3) is 5.53. The maximum absolute atomic E-state index is 12.5. The number of thiazole rings is 1. The molecule has 0 spiro atoms. The average Bonchev–Trinajstić information content (AvgIpc) is 3.17. The van der Waals surface area contributed by atoms with Crippen LogP contribution in [0.4, 0.5) is 0 Å². The fraction of sp³-hybridized carbons (Fsp3) is 0.450. The molecule has 1 aliphatic rings. The number of aromatic nitrogens is 1. The number of carbonyl (C=O) groups excluding carboxylic acids is 2. The van der Waals surface area contributed by atoms with E-state index in [0.717, 1.165) is 42.2 Å². The van der Waals surface area contributed by atoms with Gasteiger partial charge in [0.15, 0.2) is 0 Å². The molecule has 1 aromatic heterocycles. The maximum atomic E-state index is 12.5. The van der Waals surface area contributed by atoms with Gasteiger partial charge in [-0.15, -0.1) is 11.3 Å². The molecular weight excluding hydrogens is 382 g/mol. The topological polar surface area (TPSA) is 62.3 Å². The van der Waals surface area contributed by atoms with Crippen LogP contribution >= 0.6 is 22.9 Å². The minimum Gasteiger partial charge on any atom is -0.350 e. The SMILES string of the molecule is CCC(=O)NCc1csc(C2CCN(C(=O)Cc3ccc(Cl)cc3)CC2)n1. The van der Waals surface area contributed by atoms with Crippen molar-refractivity contribution in [3.63, 3.8) is 0 Å². The monoisotopic (exact) mass is 405 g/mol. The molecule has 0 atom stereocenters. The van der Waals surface area contributed by atoms with Gasteiger partial charge in [0.2, 0.25) is 11.8 Å². The van der Waals surface area contributed by atoms with Crippen molar-refractivity contribution in [3.8, 4) is 0 Å². The molecule has 2 aromatic rings. The molecule has 1 N–H and O–H groups in total. The van der Waals surface area contributed by atoms with Crippen molar-refractivity contribution in [3.05, 3.63) is 50.9 Å². The quantitative estimate of drug-likeness (QED) is 0.795. The van der Waals surface area contributed by atoms with E-state index in [-0.39, 0.29) is 11.8 Å². The van der Waals surface area contributed by atoms with Crippen molar-refractivity contribution in [1.82, 2.24) is 15.2 Å². The van der Waals surface area contributed by atoms with E-state index in [2.05, 4.69) is 10.3 Å². The number of nitrogens with zero attached hydrogens (tertiary/aromatic N) is 2. The number of carbonyl (C=O) groups is 2. The predicted molar refractivity (Wildman–Crippen MR) is 108 cm³/mol. The first-order valence-corrected chi connectivity index (χ1v) is 10.5. The van der Waals surface area contributed by atoms with E-state index in [1.54, 1.807) is 11.3 Å². The van der Waals surface area contributed by atoms with E-state index in [1.807, 2.05) is 41.5 Å². The molecule has 27 heavy (non-hydrogen) atoms. The van der Waals surface area contributed by atoms with E-state index < -0.39 is 0 Å². The predicted octanol–water partition coefficient (Wildman–Crippen LogP) is 3.77. The van der Waals surface area contributed by atoms with E-state index in [9.17, 15) is 9.59 Å². The zero-order valence-corrected chi connectivity index (χ0v) is 17.0. The Hall–Kier alpha value is -1.92. The zero-order valence-electron chi connectivity index (χ0n) is 15.4. The van der Waals surface area contributed by atoms with Gasteiger partial charge in [-0.1, -0.05) is 30.7 Å². The van der Waals surface area contributed by atoms with Crippen molar-refractivity contribution < 1.29 is 9.59 Å². The molecule has 7 heteroatoms. The number of halogens is 1. The second-order valence-electron chi connectivity index (χ2n) is 6.77. The van der Waals surface area contributed by atoms with Crippen molar-refractivity contribution in [2.24, 2.45) is 0 Å². The van der Waals surface area contributed by atoms with Crippen LogP contribution in [0.25, 0.3) is 0 Å². The molecule has 1 aromatic carbocycles. The Balaban J connectivity index is 1.48. The van der Waals surface area contributed by atoms with Crippen LogP contribution in [0.2, 0.25) is 5.02 Å². The van der Waals surface area contributed by atoms with Gasteiger partial charge in [0, 0.05) is 35.8 Å². The Labute approximate surface area is 168 Å². The largest absolute Gasteiger partial charge is 0.350 e. The van der Waals surface area contributed by atoms with Gasteiger partial charge in [0.05, 0.1) is 23.7 Å². The van der Waals surface area contributed by atoms with Crippen LogP contribution in [0.3, 0.4) is 0 Å². The fourth-order valence-corrected chi connectivity index (χ4v) is 4.29. The van der Waals surface area contributed by atoms with E-state index in [0.29, 0.717) is 30.3 Å². The standard InChI is InChI=1S/C20H24ClN3O2S/c1-2-18(25)22-12-17-13-27-20(23-17)15-7-9-24(10-8-15)19(26)11-14-3-5-16(21)6-4-14/h3-6,13,15H,2,7-12H2,1H3,(H,22,25). The van der Waals surface area contributed by atoms with Crippen LogP contribution in [0.15, 0.2) is 29.6 Å². The molecule has 2 heterocycles. The Morgan fingerprint density at radius 3 is 2.63 bits per heavy atom. The van der Waals surface area contributed by atoms with Crippen LogP contribution in [0, 0.1) is 0 Å². The molecule has 1 saturated heterocycles.